The largest absolute Gasteiger partial charge is 0.294 e. The molecule has 1 nitrogen and oxygen atoms in total. The van der Waals surface area contributed by atoms with Crippen LogP contribution in [0.4, 0.5) is 4.39 Å². The summed E-state index contributed by atoms with van der Waals surface area (Å²) < 4.78 is 13.6. The molecule has 1 fully saturated rings. The predicted octanol–water partition coefficient (Wildman–Crippen LogP) is 4.99. The van der Waals surface area contributed by atoms with Crippen molar-refractivity contribution in [2.75, 3.05) is 0 Å². The van der Waals surface area contributed by atoms with Crippen molar-refractivity contribution >= 4 is 21.7 Å². The molecule has 98 valence electrons. The highest BCUT2D eigenvalue weighted by Gasteiger charge is 2.30. The van der Waals surface area contributed by atoms with Crippen LogP contribution in [0, 0.1) is 17.7 Å². The van der Waals surface area contributed by atoms with Gasteiger partial charge in [-0.3, -0.25) is 4.79 Å². The number of carbonyl (C=O) groups is 1. The van der Waals surface area contributed by atoms with Crippen molar-refractivity contribution in [1.29, 1.82) is 0 Å². The maximum Gasteiger partial charge on any atom is 0.166 e. The Morgan fingerprint density at radius 3 is 2.78 bits per heavy atom. The minimum Gasteiger partial charge on any atom is -0.294 e. The number of halogens is 2. The number of rotatable bonds is 3. The Bertz CT molecular complexity index is 444. The van der Waals surface area contributed by atoms with Crippen molar-refractivity contribution in [2.45, 2.75) is 39.0 Å². The molecule has 0 aromatic heterocycles. The third-order valence-corrected chi connectivity index (χ3v) is 4.58. The van der Waals surface area contributed by atoms with E-state index in [4.69, 9.17) is 0 Å². The van der Waals surface area contributed by atoms with Crippen molar-refractivity contribution < 1.29 is 9.18 Å². The lowest BCUT2D eigenvalue weighted by Crippen LogP contribution is -2.27. The molecular weight excluding hydrogens is 295 g/mol. The molecule has 1 aliphatic carbocycles. The first kappa shape index (κ1) is 13.7. The Hall–Kier alpha value is -0.700. The average Bonchev–Trinajstić information content (AvgIpc) is 2.41. The molecule has 0 bridgehead atoms. The van der Waals surface area contributed by atoms with E-state index in [9.17, 15) is 9.18 Å². The lowest BCUT2D eigenvalue weighted by Gasteiger charge is -2.29. The summed E-state index contributed by atoms with van der Waals surface area (Å²) in [5.74, 6) is 0.487. The molecule has 1 aromatic carbocycles. The standard InChI is InChI=1S/C15H18BrFO/c1-2-10-5-3-4-6-12(10)15(18)11-7-8-14(17)13(16)9-11/h7-10,12H,2-6H2,1H3. The zero-order valence-electron chi connectivity index (χ0n) is 10.6. The Morgan fingerprint density at radius 1 is 1.39 bits per heavy atom. The first-order valence-electron chi connectivity index (χ1n) is 6.62. The average molecular weight is 313 g/mol. The van der Waals surface area contributed by atoms with E-state index < -0.39 is 0 Å². The molecule has 0 heterocycles. The van der Waals surface area contributed by atoms with Crippen LogP contribution in [0.15, 0.2) is 22.7 Å². The Balaban J connectivity index is 2.21. The molecule has 0 radical (unpaired) electrons. The van der Waals surface area contributed by atoms with Crippen molar-refractivity contribution in [2.24, 2.45) is 11.8 Å². The number of hydrogen-bond acceptors (Lipinski definition) is 1. The number of hydrogen-bond donors (Lipinski definition) is 0. The Kier molecular flexibility index (Phi) is 4.55. The minimum atomic E-state index is -0.317. The molecular formula is C15H18BrFO. The van der Waals surface area contributed by atoms with Crippen molar-refractivity contribution in [3.8, 4) is 0 Å². The SMILES string of the molecule is CCC1CCCCC1C(=O)c1ccc(F)c(Br)c1. The molecule has 2 atom stereocenters. The molecule has 2 rings (SSSR count). The highest BCUT2D eigenvalue weighted by atomic mass is 79.9. The van der Waals surface area contributed by atoms with Gasteiger partial charge in [-0.25, -0.2) is 4.39 Å². The summed E-state index contributed by atoms with van der Waals surface area (Å²) in [7, 11) is 0. The number of carbonyl (C=O) groups excluding carboxylic acids is 1. The molecule has 0 saturated heterocycles. The summed E-state index contributed by atoms with van der Waals surface area (Å²) in [6.07, 6.45) is 5.55. The van der Waals surface area contributed by atoms with E-state index in [0.717, 1.165) is 25.7 Å². The zero-order chi connectivity index (χ0) is 13.1. The van der Waals surface area contributed by atoms with Gasteiger partial charge in [0.25, 0.3) is 0 Å². The van der Waals surface area contributed by atoms with E-state index >= 15 is 0 Å². The summed E-state index contributed by atoms with van der Waals surface area (Å²) in [5, 5.41) is 0. The monoisotopic (exact) mass is 312 g/mol. The molecule has 0 N–H and O–H groups in total. The van der Waals surface area contributed by atoms with Crippen LogP contribution in [0.2, 0.25) is 0 Å². The third-order valence-electron chi connectivity index (χ3n) is 3.97. The van der Waals surface area contributed by atoms with Crippen molar-refractivity contribution in [3.63, 3.8) is 0 Å². The maximum absolute atomic E-state index is 13.2. The molecule has 1 saturated carbocycles. The first-order chi connectivity index (χ1) is 8.63. The summed E-state index contributed by atoms with van der Waals surface area (Å²) in [4.78, 5) is 12.5. The Morgan fingerprint density at radius 2 is 2.11 bits per heavy atom. The van der Waals surface area contributed by atoms with Crippen LogP contribution in [-0.2, 0) is 0 Å². The van der Waals surface area contributed by atoms with Gasteiger partial charge >= 0.3 is 0 Å². The van der Waals surface area contributed by atoms with Gasteiger partial charge in [-0.1, -0.05) is 26.2 Å². The summed E-state index contributed by atoms with van der Waals surface area (Å²) in [5.41, 5.74) is 0.633. The van der Waals surface area contributed by atoms with E-state index in [2.05, 4.69) is 22.9 Å². The van der Waals surface area contributed by atoms with Gasteiger partial charge in [0.2, 0.25) is 0 Å². The second kappa shape index (κ2) is 5.96. The quantitative estimate of drug-likeness (QED) is 0.719. The Labute approximate surface area is 116 Å². The van der Waals surface area contributed by atoms with Crippen LogP contribution in [0.1, 0.15) is 49.4 Å². The van der Waals surface area contributed by atoms with Crippen LogP contribution in [0.3, 0.4) is 0 Å². The summed E-state index contributed by atoms with van der Waals surface area (Å²) in [6.45, 7) is 2.15. The van der Waals surface area contributed by atoms with Crippen molar-refractivity contribution in [1.82, 2.24) is 0 Å². The fourth-order valence-corrected chi connectivity index (χ4v) is 3.28. The molecule has 0 amide bonds. The van der Waals surface area contributed by atoms with Crippen LogP contribution >= 0.6 is 15.9 Å². The highest BCUT2D eigenvalue weighted by molar-refractivity contribution is 9.10. The predicted molar refractivity (Wildman–Crippen MR) is 74.2 cm³/mol. The highest BCUT2D eigenvalue weighted by Crippen LogP contribution is 2.35. The van der Waals surface area contributed by atoms with Gasteiger partial charge in [-0.15, -0.1) is 0 Å². The van der Waals surface area contributed by atoms with Gasteiger partial charge in [0.15, 0.2) is 5.78 Å². The lowest BCUT2D eigenvalue weighted by atomic mass is 9.74. The van der Waals surface area contributed by atoms with Gasteiger partial charge < -0.3 is 0 Å². The topological polar surface area (TPSA) is 17.1 Å². The fraction of sp³-hybridized carbons (Fsp3) is 0.533. The van der Waals surface area contributed by atoms with Gasteiger partial charge in [-0.05, 0) is 52.9 Å². The van der Waals surface area contributed by atoms with Crippen LogP contribution in [-0.4, -0.2) is 5.78 Å². The number of benzene rings is 1. The van der Waals surface area contributed by atoms with E-state index in [1.165, 1.54) is 12.5 Å². The van der Waals surface area contributed by atoms with E-state index in [-0.39, 0.29) is 17.5 Å². The fourth-order valence-electron chi connectivity index (χ4n) is 2.90. The molecule has 0 spiro atoms. The van der Waals surface area contributed by atoms with Crippen molar-refractivity contribution in [3.05, 3.63) is 34.1 Å². The normalized spacial score (nSPS) is 23.9. The molecule has 1 aromatic rings. The third kappa shape index (κ3) is 2.82. The van der Waals surface area contributed by atoms with Gasteiger partial charge in [0.1, 0.15) is 5.82 Å². The lowest BCUT2D eigenvalue weighted by molar-refractivity contribution is 0.0820. The number of ketones is 1. The smallest absolute Gasteiger partial charge is 0.166 e. The van der Waals surface area contributed by atoms with E-state index in [1.807, 2.05) is 0 Å². The van der Waals surface area contributed by atoms with Crippen LogP contribution in [0.25, 0.3) is 0 Å². The molecule has 0 aliphatic heterocycles. The van der Waals surface area contributed by atoms with Gasteiger partial charge in [-0.2, -0.15) is 0 Å². The minimum absolute atomic E-state index is 0.126. The van der Waals surface area contributed by atoms with E-state index in [0.29, 0.717) is 16.0 Å². The molecule has 3 heteroatoms. The molecule has 18 heavy (non-hydrogen) atoms. The second-order valence-electron chi connectivity index (χ2n) is 5.05. The summed E-state index contributed by atoms with van der Waals surface area (Å²) in [6, 6.07) is 4.57. The first-order valence-corrected chi connectivity index (χ1v) is 7.42. The van der Waals surface area contributed by atoms with E-state index in [1.54, 1.807) is 12.1 Å². The van der Waals surface area contributed by atoms with Gasteiger partial charge in [0.05, 0.1) is 4.47 Å². The maximum atomic E-state index is 13.2. The van der Waals surface area contributed by atoms with Crippen LogP contribution < -0.4 is 0 Å². The summed E-state index contributed by atoms with van der Waals surface area (Å²) >= 11 is 3.14. The molecule has 2 unspecified atom stereocenters. The number of Topliss-reactive ketones (excluding diaryl/α,β-unsaturated/α-hetero) is 1. The van der Waals surface area contributed by atoms with Crippen LogP contribution in [0.5, 0.6) is 0 Å². The van der Waals surface area contributed by atoms with Gasteiger partial charge in [0, 0.05) is 11.5 Å². The second-order valence-corrected chi connectivity index (χ2v) is 5.91. The molecule has 1 aliphatic rings. The zero-order valence-corrected chi connectivity index (χ0v) is 12.2.